The van der Waals surface area contributed by atoms with Gasteiger partial charge in [-0.3, -0.25) is 0 Å². The van der Waals surface area contributed by atoms with Gasteiger partial charge in [0.15, 0.2) is 6.61 Å². The zero-order valence-corrected chi connectivity index (χ0v) is 18.3. The van der Waals surface area contributed by atoms with Crippen LogP contribution in [0.2, 0.25) is 5.02 Å². The number of ether oxygens (including phenoxy) is 1. The molecule has 3 rings (SSSR count). The van der Waals surface area contributed by atoms with Crippen LogP contribution in [0.3, 0.4) is 0 Å². The molecule has 0 spiro atoms. The van der Waals surface area contributed by atoms with Gasteiger partial charge in [-0.2, -0.15) is 4.31 Å². The lowest BCUT2D eigenvalue weighted by Gasteiger charge is -2.18. The van der Waals surface area contributed by atoms with E-state index in [0.29, 0.717) is 10.6 Å². The summed E-state index contributed by atoms with van der Waals surface area (Å²) < 4.78 is 51.1. The Bertz CT molecular complexity index is 1180. The van der Waals surface area contributed by atoms with E-state index in [1.807, 2.05) is 0 Å². The van der Waals surface area contributed by atoms with Crippen LogP contribution in [-0.2, 0) is 21.4 Å². The number of nitrogens with zero attached hydrogens (tertiary/aromatic N) is 3. The van der Waals surface area contributed by atoms with Gasteiger partial charge in [0, 0.05) is 23.7 Å². The molecule has 0 amide bonds. The van der Waals surface area contributed by atoms with Gasteiger partial charge in [0.1, 0.15) is 5.82 Å². The van der Waals surface area contributed by atoms with Crippen LogP contribution < -0.4 is 0 Å². The number of carbonyl (C=O) groups is 1. The molecule has 0 fully saturated rings. The first-order chi connectivity index (χ1) is 14.8. The van der Waals surface area contributed by atoms with Gasteiger partial charge in [-0.25, -0.2) is 17.6 Å². The number of rotatable bonds is 8. The molecule has 1 heterocycles. The quantitative estimate of drug-likeness (QED) is 0.462. The zero-order chi connectivity index (χ0) is 22.6. The lowest BCUT2D eigenvalue weighted by molar-refractivity contribution is 0.0433. The van der Waals surface area contributed by atoms with Crippen molar-refractivity contribution in [1.82, 2.24) is 14.5 Å². The number of sulfonamides is 1. The first-order valence-corrected chi connectivity index (χ1v) is 11.1. The van der Waals surface area contributed by atoms with Crippen molar-refractivity contribution in [2.75, 3.05) is 13.1 Å². The molecule has 0 aliphatic carbocycles. The number of esters is 1. The summed E-state index contributed by atoms with van der Waals surface area (Å²) in [6.45, 7) is 3.43. The van der Waals surface area contributed by atoms with E-state index in [4.69, 9.17) is 20.8 Å². The number of hydrogen-bond acceptors (Lipinski definition) is 7. The molecule has 0 atom stereocenters. The van der Waals surface area contributed by atoms with E-state index in [1.165, 1.54) is 4.31 Å². The van der Waals surface area contributed by atoms with E-state index in [-0.39, 0.29) is 29.8 Å². The Hall–Kier alpha value is -2.82. The molecule has 0 saturated heterocycles. The van der Waals surface area contributed by atoms with Crippen molar-refractivity contribution in [2.24, 2.45) is 0 Å². The SMILES string of the molecule is CCN(CC)S(=O)(=O)c1ccc(F)c(C(=O)OCc2nnc(-c3ccc(Cl)cc3)o2)c1. The molecule has 11 heteroatoms. The summed E-state index contributed by atoms with van der Waals surface area (Å²) >= 11 is 5.84. The monoisotopic (exact) mass is 467 g/mol. The summed E-state index contributed by atoms with van der Waals surface area (Å²) in [6.07, 6.45) is 0. The van der Waals surface area contributed by atoms with Crippen molar-refractivity contribution in [3.8, 4) is 11.5 Å². The number of halogens is 2. The molecule has 2 aromatic carbocycles. The zero-order valence-electron chi connectivity index (χ0n) is 16.7. The van der Waals surface area contributed by atoms with Gasteiger partial charge >= 0.3 is 5.97 Å². The fourth-order valence-electron chi connectivity index (χ4n) is 2.76. The van der Waals surface area contributed by atoms with Crippen LogP contribution in [0.1, 0.15) is 30.1 Å². The smallest absolute Gasteiger partial charge is 0.341 e. The Morgan fingerprint density at radius 2 is 1.81 bits per heavy atom. The molecule has 1 aromatic heterocycles. The maximum atomic E-state index is 14.2. The molecule has 3 aromatic rings. The van der Waals surface area contributed by atoms with E-state index in [2.05, 4.69) is 10.2 Å². The largest absolute Gasteiger partial charge is 0.452 e. The minimum absolute atomic E-state index is 0.00868. The second-order valence-electron chi connectivity index (χ2n) is 6.31. The third-order valence-corrected chi connectivity index (χ3v) is 6.68. The van der Waals surface area contributed by atoms with Gasteiger partial charge in [-0.05, 0) is 42.5 Å². The van der Waals surface area contributed by atoms with Crippen LogP contribution in [0.15, 0.2) is 51.8 Å². The molecule has 164 valence electrons. The first kappa shape index (κ1) is 22.9. The van der Waals surface area contributed by atoms with Crippen LogP contribution in [0.4, 0.5) is 4.39 Å². The molecule has 0 saturated carbocycles. The molecular formula is C20H19ClFN3O5S. The summed E-state index contributed by atoms with van der Waals surface area (Å²) in [4.78, 5) is 12.2. The Labute approximate surface area is 183 Å². The topological polar surface area (TPSA) is 103 Å². The molecule has 0 aliphatic rings. The van der Waals surface area contributed by atoms with E-state index in [9.17, 15) is 17.6 Å². The summed E-state index contributed by atoms with van der Waals surface area (Å²) in [6, 6.07) is 9.66. The van der Waals surface area contributed by atoms with Crippen molar-refractivity contribution in [1.29, 1.82) is 0 Å². The second-order valence-corrected chi connectivity index (χ2v) is 8.69. The Morgan fingerprint density at radius 1 is 1.13 bits per heavy atom. The van der Waals surface area contributed by atoms with Gasteiger partial charge in [0.2, 0.25) is 15.9 Å². The lowest BCUT2D eigenvalue weighted by Crippen LogP contribution is -2.30. The standard InChI is InChI=1S/C20H19ClFN3O5S/c1-3-25(4-2)31(27,28)15-9-10-17(22)16(11-15)20(26)29-12-18-23-24-19(30-18)13-5-7-14(21)8-6-13/h5-11H,3-4,12H2,1-2H3. The fraction of sp³-hybridized carbons (Fsp3) is 0.250. The predicted molar refractivity (Wildman–Crippen MR) is 110 cm³/mol. The lowest BCUT2D eigenvalue weighted by atomic mass is 10.2. The number of hydrogen-bond donors (Lipinski definition) is 0. The van der Waals surface area contributed by atoms with E-state index in [0.717, 1.165) is 18.2 Å². The Balaban J connectivity index is 1.75. The van der Waals surface area contributed by atoms with E-state index in [1.54, 1.807) is 38.1 Å². The number of benzene rings is 2. The molecule has 0 N–H and O–H groups in total. The average molecular weight is 468 g/mol. The highest BCUT2D eigenvalue weighted by atomic mass is 35.5. The minimum atomic E-state index is -3.86. The van der Waals surface area contributed by atoms with Crippen LogP contribution >= 0.6 is 11.6 Å². The third-order valence-electron chi connectivity index (χ3n) is 4.39. The highest BCUT2D eigenvalue weighted by Crippen LogP contribution is 2.22. The normalized spacial score (nSPS) is 11.6. The van der Waals surface area contributed by atoms with Crippen LogP contribution in [0.5, 0.6) is 0 Å². The second kappa shape index (κ2) is 9.54. The minimum Gasteiger partial charge on any atom is -0.452 e. The highest BCUT2D eigenvalue weighted by molar-refractivity contribution is 7.89. The Morgan fingerprint density at radius 3 is 2.45 bits per heavy atom. The third kappa shape index (κ3) is 5.09. The first-order valence-electron chi connectivity index (χ1n) is 9.31. The van der Waals surface area contributed by atoms with Gasteiger partial charge in [0.25, 0.3) is 5.89 Å². The molecule has 0 radical (unpaired) electrons. The van der Waals surface area contributed by atoms with Gasteiger partial charge in [-0.15, -0.1) is 10.2 Å². The molecule has 0 bridgehead atoms. The van der Waals surface area contributed by atoms with Crippen LogP contribution in [-0.4, -0.2) is 42.0 Å². The number of aromatic nitrogens is 2. The Kier molecular flexibility index (Phi) is 7.04. The maximum Gasteiger partial charge on any atom is 0.341 e. The van der Waals surface area contributed by atoms with Crippen molar-refractivity contribution in [3.05, 3.63) is 64.8 Å². The molecule has 0 aliphatic heterocycles. The highest BCUT2D eigenvalue weighted by Gasteiger charge is 2.25. The average Bonchev–Trinajstić information content (AvgIpc) is 3.22. The number of carbonyl (C=O) groups excluding carboxylic acids is 1. The summed E-state index contributed by atoms with van der Waals surface area (Å²) in [7, 11) is -3.86. The van der Waals surface area contributed by atoms with Crippen LogP contribution in [0.25, 0.3) is 11.5 Å². The maximum absolute atomic E-state index is 14.2. The molecular weight excluding hydrogens is 449 g/mol. The van der Waals surface area contributed by atoms with Crippen molar-refractivity contribution >= 4 is 27.6 Å². The molecule has 0 unspecified atom stereocenters. The summed E-state index contributed by atoms with van der Waals surface area (Å²) in [5, 5.41) is 8.19. The van der Waals surface area contributed by atoms with E-state index < -0.39 is 34.0 Å². The van der Waals surface area contributed by atoms with Gasteiger partial charge in [-0.1, -0.05) is 25.4 Å². The predicted octanol–water partition coefficient (Wildman–Crippen LogP) is 3.92. The molecule has 31 heavy (non-hydrogen) atoms. The van der Waals surface area contributed by atoms with Crippen molar-refractivity contribution < 1.29 is 26.8 Å². The summed E-state index contributed by atoms with van der Waals surface area (Å²) in [5.41, 5.74) is 0.112. The summed E-state index contributed by atoms with van der Waals surface area (Å²) in [5.74, 6) is -1.77. The van der Waals surface area contributed by atoms with Crippen molar-refractivity contribution in [2.45, 2.75) is 25.3 Å². The molecule has 8 nitrogen and oxygen atoms in total. The fourth-order valence-corrected chi connectivity index (χ4v) is 4.37. The van der Waals surface area contributed by atoms with Crippen molar-refractivity contribution in [3.63, 3.8) is 0 Å². The van der Waals surface area contributed by atoms with Crippen LogP contribution in [0, 0.1) is 5.82 Å². The van der Waals surface area contributed by atoms with E-state index >= 15 is 0 Å². The van der Waals surface area contributed by atoms with Gasteiger partial charge in [0.05, 0.1) is 10.5 Å². The van der Waals surface area contributed by atoms with Gasteiger partial charge < -0.3 is 9.15 Å².